The zero-order chi connectivity index (χ0) is 31.6. The smallest absolute Gasteiger partial charge is 0.164 e. The summed E-state index contributed by atoms with van der Waals surface area (Å²) in [6.07, 6.45) is 2.35. The molecule has 8 rings (SSSR count). The van der Waals surface area contributed by atoms with Gasteiger partial charge in [-0.2, -0.15) is 0 Å². The zero-order valence-electron chi connectivity index (χ0n) is 27.1. The van der Waals surface area contributed by atoms with Gasteiger partial charge >= 0.3 is 0 Å². The molecule has 3 nitrogen and oxygen atoms in total. The van der Waals surface area contributed by atoms with Crippen molar-refractivity contribution in [3.05, 3.63) is 126 Å². The Bertz CT molecular complexity index is 2260. The van der Waals surface area contributed by atoms with E-state index in [9.17, 15) is 0 Å². The molecule has 0 saturated heterocycles. The van der Waals surface area contributed by atoms with Crippen molar-refractivity contribution in [2.45, 2.75) is 58.3 Å². The number of rotatable bonds is 4. The molecule has 46 heavy (non-hydrogen) atoms. The Hall–Kier alpha value is -4.67. The van der Waals surface area contributed by atoms with E-state index in [1.165, 1.54) is 54.4 Å². The van der Waals surface area contributed by atoms with E-state index in [0.29, 0.717) is 11.6 Å². The Kier molecular flexibility index (Phi) is 6.70. The van der Waals surface area contributed by atoms with Gasteiger partial charge in [-0.05, 0) is 70.5 Å². The van der Waals surface area contributed by atoms with Crippen LogP contribution in [0.15, 0.2) is 109 Å². The Labute approximate surface area is 275 Å². The molecule has 4 heteroatoms. The molecule has 0 saturated carbocycles. The molecule has 0 fully saturated rings. The van der Waals surface area contributed by atoms with Gasteiger partial charge in [0.05, 0.1) is 0 Å². The summed E-state index contributed by atoms with van der Waals surface area (Å²) in [7, 11) is 0. The number of thiophene rings is 1. The molecule has 1 aliphatic carbocycles. The van der Waals surface area contributed by atoms with Crippen LogP contribution >= 0.6 is 11.3 Å². The highest BCUT2D eigenvalue weighted by molar-refractivity contribution is 7.26. The third-order valence-electron chi connectivity index (χ3n) is 9.96. The molecule has 226 valence electrons. The van der Waals surface area contributed by atoms with Crippen LogP contribution < -0.4 is 0 Å². The van der Waals surface area contributed by atoms with Crippen LogP contribution in [-0.2, 0) is 10.8 Å². The van der Waals surface area contributed by atoms with Crippen LogP contribution in [0.3, 0.4) is 0 Å². The SMILES string of the molecule is Cc1cc2c(cc1-c1nc(-c3ccccc3)nc(-c3ccc(-c4cccc5c4sc4ccccc45)cc3)n1)C(C)(C)CCC2(C)C. The van der Waals surface area contributed by atoms with Gasteiger partial charge in [0.15, 0.2) is 17.5 Å². The molecule has 7 aromatic rings. The second kappa shape index (κ2) is 10.7. The summed E-state index contributed by atoms with van der Waals surface area (Å²) in [6, 6.07) is 39.0. The van der Waals surface area contributed by atoms with Gasteiger partial charge in [0.2, 0.25) is 0 Å². The molecule has 2 heterocycles. The van der Waals surface area contributed by atoms with Gasteiger partial charge in [-0.3, -0.25) is 0 Å². The first-order chi connectivity index (χ1) is 22.2. The van der Waals surface area contributed by atoms with E-state index in [1.807, 2.05) is 29.5 Å². The van der Waals surface area contributed by atoms with Crippen molar-refractivity contribution in [3.63, 3.8) is 0 Å². The maximum atomic E-state index is 5.15. The van der Waals surface area contributed by atoms with E-state index in [1.54, 1.807) is 0 Å². The van der Waals surface area contributed by atoms with E-state index in [2.05, 4.69) is 126 Å². The third kappa shape index (κ3) is 4.83. The van der Waals surface area contributed by atoms with Crippen LogP contribution in [0.1, 0.15) is 57.2 Å². The average molecular weight is 616 g/mol. The number of aryl methyl sites for hydroxylation is 1. The first kappa shape index (κ1) is 28.8. The maximum absolute atomic E-state index is 5.15. The molecule has 5 aromatic carbocycles. The topological polar surface area (TPSA) is 38.7 Å². The largest absolute Gasteiger partial charge is 0.208 e. The normalized spacial score (nSPS) is 15.2. The maximum Gasteiger partial charge on any atom is 0.164 e. The van der Waals surface area contributed by atoms with Crippen LogP contribution in [0.4, 0.5) is 0 Å². The fourth-order valence-electron chi connectivity index (χ4n) is 7.08. The summed E-state index contributed by atoms with van der Waals surface area (Å²) in [4.78, 5) is 15.3. The standard InChI is InChI=1S/C42H37N3S/c1-26-24-34-35(42(4,5)23-22-41(34,2)3)25-33(26)40-44-38(28-12-7-6-8-13-28)43-39(45-40)29-20-18-27(19-21-29)30-15-11-16-32-31-14-9-10-17-36(31)46-37(30)32/h6-21,24-25H,22-23H2,1-5H3. The molecule has 0 aliphatic heterocycles. The van der Waals surface area contributed by atoms with Crippen molar-refractivity contribution >= 4 is 31.5 Å². The number of aromatic nitrogens is 3. The average Bonchev–Trinajstić information content (AvgIpc) is 3.46. The molecule has 2 aromatic heterocycles. The van der Waals surface area contributed by atoms with E-state index in [-0.39, 0.29) is 10.8 Å². The van der Waals surface area contributed by atoms with Gasteiger partial charge in [0, 0.05) is 36.9 Å². The molecule has 0 unspecified atom stereocenters. The minimum Gasteiger partial charge on any atom is -0.208 e. The van der Waals surface area contributed by atoms with Crippen LogP contribution in [0.2, 0.25) is 0 Å². The molecule has 0 spiro atoms. The van der Waals surface area contributed by atoms with Crippen LogP contribution in [0, 0.1) is 6.92 Å². The minimum absolute atomic E-state index is 0.0958. The zero-order valence-corrected chi connectivity index (χ0v) is 27.9. The molecule has 0 atom stereocenters. The second-order valence-electron chi connectivity index (χ2n) is 14.0. The first-order valence-corrected chi connectivity index (χ1v) is 17.0. The van der Waals surface area contributed by atoms with Crippen LogP contribution in [0.25, 0.3) is 65.5 Å². The highest BCUT2D eigenvalue weighted by Crippen LogP contribution is 2.47. The molecular weight excluding hydrogens is 579 g/mol. The lowest BCUT2D eigenvalue weighted by Gasteiger charge is -2.42. The van der Waals surface area contributed by atoms with E-state index in [4.69, 9.17) is 15.0 Å². The van der Waals surface area contributed by atoms with E-state index >= 15 is 0 Å². The number of benzene rings is 5. The predicted molar refractivity (Wildman–Crippen MR) is 194 cm³/mol. The van der Waals surface area contributed by atoms with Crippen molar-refractivity contribution in [2.24, 2.45) is 0 Å². The predicted octanol–water partition coefficient (Wildman–Crippen LogP) is 11.6. The molecule has 0 N–H and O–H groups in total. The quantitative estimate of drug-likeness (QED) is 0.198. The van der Waals surface area contributed by atoms with Gasteiger partial charge < -0.3 is 0 Å². The van der Waals surface area contributed by atoms with Gasteiger partial charge in [-0.1, -0.05) is 125 Å². The van der Waals surface area contributed by atoms with Crippen molar-refractivity contribution < 1.29 is 0 Å². The van der Waals surface area contributed by atoms with E-state index in [0.717, 1.165) is 28.9 Å². The lowest BCUT2D eigenvalue weighted by atomic mass is 9.62. The molecular formula is C42H37N3S. The van der Waals surface area contributed by atoms with E-state index < -0.39 is 0 Å². The van der Waals surface area contributed by atoms with Gasteiger partial charge in [-0.15, -0.1) is 11.3 Å². The highest BCUT2D eigenvalue weighted by Gasteiger charge is 2.37. The summed E-state index contributed by atoms with van der Waals surface area (Å²) in [5.41, 5.74) is 9.79. The van der Waals surface area contributed by atoms with Gasteiger partial charge in [0.25, 0.3) is 0 Å². The minimum atomic E-state index is 0.0958. The van der Waals surface area contributed by atoms with Crippen molar-refractivity contribution in [2.75, 3.05) is 0 Å². The number of nitrogens with zero attached hydrogens (tertiary/aromatic N) is 3. The van der Waals surface area contributed by atoms with Crippen LogP contribution in [0.5, 0.6) is 0 Å². The summed E-state index contributed by atoms with van der Waals surface area (Å²) in [6.45, 7) is 11.7. The first-order valence-electron chi connectivity index (χ1n) is 16.2. The molecule has 1 aliphatic rings. The summed E-state index contributed by atoms with van der Waals surface area (Å²) in [5, 5.41) is 2.63. The van der Waals surface area contributed by atoms with Crippen molar-refractivity contribution in [1.82, 2.24) is 15.0 Å². The Balaban J connectivity index is 1.26. The van der Waals surface area contributed by atoms with Gasteiger partial charge in [0.1, 0.15) is 0 Å². The van der Waals surface area contributed by atoms with Gasteiger partial charge in [-0.25, -0.2) is 15.0 Å². The fourth-order valence-corrected chi connectivity index (χ4v) is 8.32. The number of hydrogen-bond donors (Lipinski definition) is 0. The monoisotopic (exact) mass is 615 g/mol. The summed E-state index contributed by atoms with van der Waals surface area (Å²) < 4.78 is 2.64. The number of fused-ring (bicyclic) bond motifs is 4. The highest BCUT2D eigenvalue weighted by atomic mass is 32.1. The fraction of sp³-hybridized carbons (Fsp3) is 0.214. The Morgan fingerprint density at radius 3 is 1.80 bits per heavy atom. The molecule has 0 amide bonds. The lowest BCUT2D eigenvalue weighted by molar-refractivity contribution is 0.332. The Morgan fingerprint density at radius 2 is 1.09 bits per heavy atom. The third-order valence-corrected chi connectivity index (χ3v) is 11.2. The lowest BCUT2D eigenvalue weighted by Crippen LogP contribution is -2.34. The number of hydrogen-bond acceptors (Lipinski definition) is 4. The van der Waals surface area contributed by atoms with Crippen molar-refractivity contribution in [3.8, 4) is 45.3 Å². The summed E-state index contributed by atoms with van der Waals surface area (Å²) >= 11 is 1.86. The summed E-state index contributed by atoms with van der Waals surface area (Å²) in [5.74, 6) is 2.10. The Morgan fingerprint density at radius 1 is 0.522 bits per heavy atom. The molecule has 0 bridgehead atoms. The van der Waals surface area contributed by atoms with Crippen molar-refractivity contribution in [1.29, 1.82) is 0 Å². The second-order valence-corrected chi connectivity index (χ2v) is 15.1. The van der Waals surface area contributed by atoms with Crippen LogP contribution in [-0.4, -0.2) is 15.0 Å². The molecule has 0 radical (unpaired) electrons.